The molecule has 0 N–H and O–H groups in total. The highest BCUT2D eigenvalue weighted by molar-refractivity contribution is 6.02. The molecule has 2 aromatic heterocycles. The van der Waals surface area contributed by atoms with Crippen LogP contribution in [0.15, 0.2) is 59.3 Å². The number of rotatable bonds is 3. The van der Waals surface area contributed by atoms with Crippen molar-refractivity contribution >= 4 is 21.7 Å². The molecule has 2 heterocycles. The third kappa shape index (κ3) is 2.97. The van der Waals surface area contributed by atoms with Gasteiger partial charge in [0, 0.05) is 22.5 Å². The molecular formula is C27H27NO. The lowest BCUT2D eigenvalue weighted by atomic mass is 9.91. The van der Waals surface area contributed by atoms with Crippen LogP contribution in [0.25, 0.3) is 33.0 Å². The molecule has 0 radical (unpaired) electrons. The summed E-state index contributed by atoms with van der Waals surface area (Å²) >= 11 is 0. The average molecular weight is 382 g/mol. The zero-order valence-corrected chi connectivity index (χ0v) is 16.9. The topological polar surface area (TPSA) is 26.0 Å². The van der Waals surface area contributed by atoms with Crippen molar-refractivity contribution in [1.29, 1.82) is 0 Å². The zero-order chi connectivity index (χ0) is 19.2. The van der Waals surface area contributed by atoms with Crippen LogP contribution in [0, 0.1) is 0 Å². The Labute approximate surface area is 172 Å². The Balaban J connectivity index is 1.52. The molecule has 0 spiro atoms. The van der Waals surface area contributed by atoms with Crippen molar-refractivity contribution in [2.75, 3.05) is 0 Å². The van der Waals surface area contributed by atoms with Gasteiger partial charge in [-0.3, -0.25) is 4.98 Å². The van der Waals surface area contributed by atoms with E-state index in [1.807, 2.05) is 12.5 Å². The second-order valence-electron chi connectivity index (χ2n) is 9.01. The minimum Gasteiger partial charge on any atom is -0.464 e. The van der Waals surface area contributed by atoms with E-state index < -0.39 is 0 Å². The summed E-state index contributed by atoms with van der Waals surface area (Å²) < 4.78 is 5.94. The zero-order valence-electron chi connectivity index (χ0n) is 16.9. The maximum atomic E-state index is 5.94. The molecule has 0 unspecified atom stereocenters. The summed E-state index contributed by atoms with van der Waals surface area (Å²) in [5.41, 5.74) is 6.11. The van der Waals surface area contributed by atoms with Crippen molar-refractivity contribution in [2.45, 2.75) is 63.2 Å². The van der Waals surface area contributed by atoms with Gasteiger partial charge >= 0.3 is 0 Å². The van der Waals surface area contributed by atoms with Gasteiger partial charge in [-0.15, -0.1) is 0 Å². The van der Waals surface area contributed by atoms with Gasteiger partial charge in [0.1, 0.15) is 5.58 Å². The van der Waals surface area contributed by atoms with E-state index >= 15 is 0 Å². The fourth-order valence-corrected chi connectivity index (χ4v) is 5.70. The van der Waals surface area contributed by atoms with E-state index in [0.717, 1.165) is 22.8 Å². The number of benzene rings is 2. The number of pyridine rings is 1. The predicted molar refractivity (Wildman–Crippen MR) is 119 cm³/mol. The van der Waals surface area contributed by atoms with E-state index in [1.54, 1.807) is 0 Å². The quantitative estimate of drug-likeness (QED) is 0.360. The standard InChI is InChI=1S/C27H27NO/c1-2-6-18(5-1)20-9-10-24-21(15-20)11-13-28-26(24)25-17-23(19-7-3-4-8-19)16-22-12-14-29-27(22)25/h9-19H,1-8H2. The second-order valence-corrected chi connectivity index (χ2v) is 9.01. The highest BCUT2D eigenvalue weighted by Gasteiger charge is 2.22. The number of fused-ring (bicyclic) bond motifs is 2. The molecular weight excluding hydrogens is 354 g/mol. The first-order valence-corrected chi connectivity index (χ1v) is 11.3. The lowest BCUT2D eigenvalue weighted by Crippen LogP contribution is -1.96. The van der Waals surface area contributed by atoms with E-state index in [1.165, 1.54) is 78.7 Å². The van der Waals surface area contributed by atoms with E-state index in [4.69, 9.17) is 9.40 Å². The molecule has 4 aromatic rings. The van der Waals surface area contributed by atoms with E-state index in [2.05, 4.69) is 42.5 Å². The van der Waals surface area contributed by atoms with Gasteiger partial charge in [0.05, 0.1) is 12.0 Å². The minimum atomic E-state index is 0.678. The van der Waals surface area contributed by atoms with Crippen LogP contribution in [0.3, 0.4) is 0 Å². The molecule has 0 atom stereocenters. The highest BCUT2D eigenvalue weighted by atomic mass is 16.3. The van der Waals surface area contributed by atoms with Gasteiger partial charge in [-0.2, -0.15) is 0 Å². The summed E-state index contributed by atoms with van der Waals surface area (Å²) in [4.78, 5) is 4.84. The van der Waals surface area contributed by atoms with Crippen LogP contribution >= 0.6 is 0 Å². The van der Waals surface area contributed by atoms with Crippen molar-refractivity contribution in [3.05, 3.63) is 66.1 Å². The van der Waals surface area contributed by atoms with E-state index in [9.17, 15) is 0 Å². The fourth-order valence-electron chi connectivity index (χ4n) is 5.70. The largest absolute Gasteiger partial charge is 0.464 e. The summed E-state index contributed by atoms with van der Waals surface area (Å²) in [7, 11) is 0. The summed E-state index contributed by atoms with van der Waals surface area (Å²) in [5.74, 6) is 1.41. The first kappa shape index (κ1) is 17.3. The van der Waals surface area contributed by atoms with Gasteiger partial charge in [-0.25, -0.2) is 0 Å². The van der Waals surface area contributed by atoms with Gasteiger partial charge in [0.2, 0.25) is 0 Å². The Bertz CT molecular complexity index is 1180. The van der Waals surface area contributed by atoms with Crippen LogP contribution in [0.5, 0.6) is 0 Å². The Morgan fingerprint density at radius 1 is 0.724 bits per heavy atom. The van der Waals surface area contributed by atoms with Gasteiger partial charge < -0.3 is 4.42 Å². The predicted octanol–water partition coefficient (Wildman–Crippen LogP) is 7.96. The third-order valence-corrected chi connectivity index (χ3v) is 7.27. The summed E-state index contributed by atoms with van der Waals surface area (Å²) in [6.45, 7) is 0. The first-order chi connectivity index (χ1) is 14.4. The molecule has 0 aliphatic heterocycles. The fraction of sp³-hybridized carbons (Fsp3) is 0.370. The molecule has 2 saturated carbocycles. The van der Waals surface area contributed by atoms with Gasteiger partial charge in [-0.05, 0) is 78.3 Å². The maximum absolute atomic E-state index is 5.94. The lowest BCUT2D eigenvalue weighted by Gasteiger charge is -2.15. The molecule has 6 rings (SSSR count). The molecule has 0 bridgehead atoms. The van der Waals surface area contributed by atoms with Gasteiger partial charge in [-0.1, -0.05) is 43.9 Å². The molecule has 2 heteroatoms. The molecule has 2 aromatic carbocycles. The van der Waals surface area contributed by atoms with Crippen LogP contribution in [0.4, 0.5) is 0 Å². The van der Waals surface area contributed by atoms with Crippen LogP contribution in [0.2, 0.25) is 0 Å². The Morgan fingerprint density at radius 3 is 2.24 bits per heavy atom. The van der Waals surface area contributed by atoms with Crippen molar-refractivity contribution in [1.82, 2.24) is 4.98 Å². The number of nitrogens with zero attached hydrogens (tertiary/aromatic N) is 1. The Morgan fingerprint density at radius 2 is 1.45 bits per heavy atom. The highest BCUT2D eigenvalue weighted by Crippen LogP contribution is 2.41. The van der Waals surface area contributed by atoms with Gasteiger partial charge in [0.25, 0.3) is 0 Å². The van der Waals surface area contributed by atoms with Gasteiger partial charge in [0.15, 0.2) is 0 Å². The van der Waals surface area contributed by atoms with Crippen LogP contribution in [0.1, 0.15) is 74.3 Å². The molecule has 29 heavy (non-hydrogen) atoms. The molecule has 2 fully saturated rings. The third-order valence-electron chi connectivity index (χ3n) is 7.27. The normalized spacial score (nSPS) is 18.3. The monoisotopic (exact) mass is 381 g/mol. The molecule has 0 saturated heterocycles. The number of aromatic nitrogens is 1. The first-order valence-electron chi connectivity index (χ1n) is 11.3. The van der Waals surface area contributed by atoms with E-state index in [-0.39, 0.29) is 0 Å². The van der Waals surface area contributed by atoms with Crippen LogP contribution in [-0.2, 0) is 0 Å². The summed E-state index contributed by atoms with van der Waals surface area (Å²) in [5, 5.41) is 3.73. The SMILES string of the molecule is c1cc2cc(C3CCCC3)ccc2c(-c2cc(C3CCCC3)cc3ccoc23)n1. The summed E-state index contributed by atoms with van der Waals surface area (Å²) in [6.07, 6.45) is 14.5. The summed E-state index contributed by atoms with van der Waals surface area (Å²) in [6, 6.07) is 16.0. The second kappa shape index (κ2) is 7.02. The van der Waals surface area contributed by atoms with Crippen LogP contribution < -0.4 is 0 Å². The Kier molecular flexibility index (Phi) is 4.18. The molecule has 146 valence electrons. The van der Waals surface area contributed by atoms with Crippen molar-refractivity contribution < 1.29 is 4.42 Å². The Hall–Kier alpha value is -2.61. The molecule has 2 nitrogen and oxygen atoms in total. The lowest BCUT2D eigenvalue weighted by molar-refractivity contribution is 0.616. The van der Waals surface area contributed by atoms with Crippen LogP contribution in [-0.4, -0.2) is 4.98 Å². The maximum Gasteiger partial charge on any atom is 0.143 e. The van der Waals surface area contributed by atoms with Crippen molar-refractivity contribution in [2.24, 2.45) is 0 Å². The smallest absolute Gasteiger partial charge is 0.143 e. The van der Waals surface area contributed by atoms with Crippen molar-refractivity contribution in [3.63, 3.8) is 0 Å². The van der Waals surface area contributed by atoms with E-state index in [0.29, 0.717) is 5.92 Å². The number of furan rings is 1. The minimum absolute atomic E-state index is 0.678. The number of hydrogen-bond acceptors (Lipinski definition) is 2. The molecule has 0 amide bonds. The van der Waals surface area contributed by atoms with Crippen molar-refractivity contribution in [3.8, 4) is 11.3 Å². The molecule has 2 aliphatic rings. The molecule has 2 aliphatic carbocycles. The average Bonchev–Trinajstić information content (AvgIpc) is 3.54. The number of hydrogen-bond donors (Lipinski definition) is 0.